The van der Waals surface area contributed by atoms with Gasteiger partial charge in [0.2, 0.25) is 0 Å². The Kier molecular flexibility index (Phi) is 5.41. The zero-order chi connectivity index (χ0) is 13.7. The van der Waals surface area contributed by atoms with Crippen LogP contribution in [-0.4, -0.2) is 12.7 Å². The summed E-state index contributed by atoms with van der Waals surface area (Å²) in [4.78, 5) is 0. The van der Waals surface area contributed by atoms with Gasteiger partial charge in [-0.2, -0.15) is 0 Å². The minimum absolute atomic E-state index is 0.00487. The second-order valence-electron chi connectivity index (χ2n) is 5.92. The van der Waals surface area contributed by atoms with Gasteiger partial charge in [0, 0.05) is 0 Å². The van der Waals surface area contributed by atoms with Crippen LogP contribution >= 0.6 is 0 Å². The molecule has 1 atom stereocenters. The second kappa shape index (κ2) is 7.06. The number of rotatable bonds is 5. The van der Waals surface area contributed by atoms with Gasteiger partial charge in [-0.05, 0) is 49.1 Å². The highest BCUT2D eigenvalue weighted by atomic mass is 16.5. The molecule has 0 amide bonds. The Hall–Kier alpha value is -0.860. The quantitative estimate of drug-likeness (QED) is 0.874. The first kappa shape index (κ1) is 14.5. The highest BCUT2D eigenvalue weighted by Crippen LogP contribution is 2.26. The van der Waals surface area contributed by atoms with E-state index in [1.807, 2.05) is 0 Å². The number of nitrogens with two attached hydrogens (primary N) is 1. The minimum atomic E-state index is 0.00487. The molecule has 0 aliphatic heterocycles. The number of benzene rings is 1. The Balaban J connectivity index is 1.78. The van der Waals surface area contributed by atoms with Crippen molar-refractivity contribution in [3.63, 3.8) is 0 Å². The molecule has 1 aromatic rings. The first-order chi connectivity index (χ1) is 9.19. The number of aryl methyl sites for hydroxylation is 1. The van der Waals surface area contributed by atoms with Crippen LogP contribution in [0.3, 0.4) is 0 Å². The zero-order valence-electron chi connectivity index (χ0n) is 12.3. The molecule has 1 aliphatic carbocycles. The van der Waals surface area contributed by atoms with Crippen molar-refractivity contribution >= 4 is 0 Å². The van der Waals surface area contributed by atoms with Gasteiger partial charge in [-0.25, -0.2) is 0 Å². The zero-order valence-corrected chi connectivity index (χ0v) is 12.3. The van der Waals surface area contributed by atoms with Crippen molar-refractivity contribution in [2.24, 2.45) is 11.7 Å². The van der Waals surface area contributed by atoms with Crippen LogP contribution in [0, 0.1) is 5.92 Å². The summed E-state index contributed by atoms with van der Waals surface area (Å²) < 4.78 is 5.98. The molecule has 0 saturated heterocycles. The molecule has 2 rings (SSSR count). The maximum Gasteiger partial charge on any atom is 0.0663 e. The van der Waals surface area contributed by atoms with E-state index < -0.39 is 0 Å². The summed E-state index contributed by atoms with van der Waals surface area (Å²) in [5.74, 6) is 0.870. The van der Waals surface area contributed by atoms with Gasteiger partial charge in [0.1, 0.15) is 0 Å². The Bertz CT molecular complexity index is 365. The molecule has 0 radical (unpaired) electrons. The Labute approximate surface area is 117 Å². The van der Waals surface area contributed by atoms with Crippen LogP contribution in [0.4, 0.5) is 0 Å². The van der Waals surface area contributed by atoms with Gasteiger partial charge >= 0.3 is 0 Å². The van der Waals surface area contributed by atoms with Crippen molar-refractivity contribution in [2.75, 3.05) is 6.61 Å². The molecule has 2 nitrogen and oxygen atoms in total. The molecule has 0 spiro atoms. The summed E-state index contributed by atoms with van der Waals surface area (Å²) in [7, 11) is 0. The normalized spacial score (nSPS) is 25.2. The van der Waals surface area contributed by atoms with Gasteiger partial charge < -0.3 is 10.5 Å². The maximum atomic E-state index is 6.21. The SMILES string of the molecule is CCc1ccc(C(N)COC2CCC(C)CC2)cc1. The average molecular weight is 261 g/mol. The van der Waals surface area contributed by atoms with Crippen LogP contribution in [0.2, 0.25) is 0 Å². The van der Waals surface area contributed by atoms with Gasteiger partial charge in [0.05, 0.1) is 18.8 Å². The standard InChI is InChI=1S/C17H27NO/c1-3-14-6-8-15(9-7-14)17(18)12-19-16-10-4-13(2)5-11-16/h6-9,13,16-17H,3-5,10-12,18H2,1-2H3. The molecule has 0 bridgehead atoms. The molecular formula is C17H27NO. The molecule has 2 N–H and O–H groups in total. The van der Waals surface area contributed by atoms with Crippen molar-refractivity contribution in [3.05, 3.63) is 35.4 Å². The molecule has 19 heavy (non-hydrogen) atoms. The lowest BCUT2D eigenvalue weighted by Crippen LogP contribution is -2.25. The van der Waals surface area contributed by atoms with E-state index in [-0.39, 0.29) is 6.04 Å². The van der Waals surface area contributed by atoms with E-state index >= 15 is 0 Å². The van der Waals surface area contributed by atoms with Crippen molar-refractivity contribution in [2.45, 2.75) is 58.1 Å². The average Bonchev–Trinajstić information content (AvgIpc) is 2.46. The van der Waals surface area contributed by atoms with Gasteiger partial charge in [-0.1, -0.05) is 38.1 Å². The van der Waals surface area contributed by atoms with E-state index in [1.165, 1.54) is 36.8 Å². The van der Waals surface area contributed by atoms with Crippen molar-refractivity contribution in [1.29, 1.82) is 0 Å². The van der Waals surface area contributed by atoms with Crippen molar-refractivity contribution in [3.8, 4) is 0 Å². The molecule has 1 saturated carbocycles. The Morgan fingerprint density at radius 2 is 1.79 bits per heavy atom. The van der Waals surface area contributed by atoms with Crippen LogP contribution in [-0.2, 0) is 11.2 Å². The maximum absolute atomic E-state index is 6.21. The third kappa shape index (κ3) is 4.32. The first-order valence-corrected chi connectivity index (χ1v) is 7.65. The van der Waals surface area contributed by atoms with Crippen LogP contribution in [0.5, 0.6) is 0 Å². The van der Waals surface area contributed by atoms with Crippen LogP contribution in [0.15, 0.2) is 24.3 Å². The number of ether oxygens (including phenoxy) is 1. The summed E-state index contributed by atoms with van der Waals surface area (Å²) in [5.41, 5.74) is 8.75. The molecular weight excluding hydrogens is 234 g/mol. The van der Waals surface area contributed by atoms with Gasteiger partial charge in [0.15, 0.2) is 0 Å². The Morgan fingerprint density at radius 3 is 2.37 bits per heavy atom. The van der Waals surface area contributed by atoms with E-state index in [4.69, 9.17) is 10.5 Å². The van der Waals surface area contributed by atoms with E-state index in [0.29, 0.717) is 12.7 Å². The van der Waals surface area contributed by atoms with E-state index in [0.717, 1.165) is 12.3 Å². The van der Waals surface area contributed by atoms with Gasteiger partial charge in [-0.15, -0.1) is 0 Å². The van der Waals surface area contributed by atoms with Crippen molar-refractivity contribution in [1.82, 2.24) is 0 Å². The predicted octanol–water partition coefficient (Wildman–Crippen LogP) is 3.84. The fourth-order valence-electron chi connectivity index (χ4n) is 2.73. The summed E-state index contributed by atoms with van der Waals surface area (Å²) in [6, 6.07) is 8.60. The molecule has 106 valence electrons. The minimum Gasteiger partial charge on any atom is -0.376 e. The van der Waals surface area contributed by atoms with E-state index in [1.54, 1.807) is 0 Å². The summed E-state index contributed by atoms with van der Waals surface area (Å²) in [6.45, 7) is 5.14. The largest absolute Gasteiger partial charge is 0.376 e. The molecule has 1 fully saturated rings. The topological polar surface area (TPSA) is 35.2 Å². The van der Waals surface area contributed by atoms with Crippen LogP contribution in [0.1, 0.15) is 56.7 Å². The van der Waals surface area contributed by atoms with Crippen LogP contribution in [0.25, 0.3) is 0 Å². The summed E-state index contributed by atoms with van der Waals surface area (Å²) >= 11 is 0. The predicted molar refractivity (Wildman–Crippen MR) is 80.1 cm³/mol. The fraction of sp³-hybridized carbons (Fsp3) is 0.647. The molecule has 1 aromatic carbocycles. The van der Waals surface area contributed by atoms with E-state index in [9.17, 15) is 0 Å². The molecule has 1 unspecified atom stereocenters. The lowest BCUT2D eigenvalue weighted by Gasteiger charge is -2.27. The van der Waals surface area contributed by atoms with Crippen molar-refractivity contribution < 1.29 is 4.74 Å². The third-order valence-electron chi connectivity index (χ3n) is 4.29. The smallest absolute Gasteiger partial charge is 0.0663 e. The molecule has 1 aliphatic rings. The summed E-state index contributed by atoms with van der Waals surface area (Å²) in [5, 5.41) is 0. The molecule has 0 aromatic heterocycles. The molecule has 0 heterocycles. The second-order valence-corrected chi connectivity index (χ2v) is 5.92. The Morgan fingerprint density at radius 1 is 1.16 bits per heavy atom. The lowest BCUT2D eigenvalue weighted by atomic mass is 9.89. The van der Waals surface area contributed by atoms with Gasteiger partial charge in [0.25, 0.3) is 0 Å². The van der Waals surface area contributed by atoms with Gasteiger partial charge in [-0.3, -0.25) is 0 Å². The fourth-order valence-corrected chi connectivity index (χ4v) is 2.73. The highest BCUT2D eigenvalue weighted by molar-refractivity contribution is 5.24. The first-order valence-electron chi connectivity index (χ1n) is 7.65. The summed E-state index contributed by atoms with van der Waals surface area (Å²) in [6.07, 6.45) is 6.49. The number of hydrogen-bond donors (Lipinski definition) is 1. The number of hydrogen-bond acceptors (Lipinski definition) is 2. The monoisotopic (exact) mass is 261 g/mol. The highest BCUT2D eigenvalue weighted by Gasteiger charge is 2.19. The third-order valence-corrected chi connectivity index (χ3v) is 4.29. The lowest BCUT2D eigenvalue weighted by molar-refractivity contribution is 0.0126. The molecule has 2 heteroatoms. The van der Waals surface area contributed by atoms with Crippen LogP contribution < -0.4 is 5.73 Å². The van der Waals surface area contributed by atoms with E-state index in [2.05, 4.69) is 38.1 Å².